The van der Waals surface area contributed by atoms with Crippen LogP contribution in [0, 0.1) is 0 Å². The quantitative estimate of drug-likeness (QED) is 0.777. The number of amides is 1. The molecule has 0 atom stereocenters. The molecule has 0 saturated carbocycles. The lowest BCUT2D eigenvalue weighted by Gasteiger charge is -2.06. The average molecular weight is 295 g/mol. The van der Waals surface area contributed by atoms with E-state index < -0.39 is 0 Å². The maximum Gasteiger partial charge on any atom is 0.251 e. The van der Waals surface area contributed by atoms with Crippen LogP contribution in [0.1, 0.15) is 21.5 Å². The van der Waals surface area contributed by atoms with Gasteiger partial charge in [-0.15, -0.1) is 0 Å². The third kappa shape index (κ3) is 3.41. The molecule has 0 fully saturated rings. The molecule has 0 saturated heterocycles. The molecule has 3 aromatic rings. The summed E-state index contributed by atoms with van der Waals surface area (Å²) in [5.74, 6) is -0.0915. The van der Waals surface area contributed by atoms with Gasteiger partial charge in [-0.05, 0) is 23.8 Å². The molecule has 0 aliphatic heterocycles. The summed E-state index contributed by atoms with van der Waals surface area (Å²) in [6.45, 7) is 1.12. The average Bonchev–Trinajstić information content (AvgIpc) is 3.17. The van der Waals surface area contributed by atoms with E-state index in [9.17, 15) is 4.79 Å². The van der Waals surface area contributed by atoms with Gasteiger partial charge in [0.05, 0.1) is 12.7 Å². The summed E-state index contributed by atoms with van der Waals surface area (Å²) in [6.07, 6.45) is 7.27. The lowest BCUT2D eigenvalue weighted by atomic mass is 10.1. The first-order chi connectivity index (χ1) is 10.7. The van der Waals surface area contributed by atoms with Crippen LogP contribution in [0.5, 0.6) is 0 Å². The molecule has 1 N–H and O–H groups in total. The number of carbonyl (C=O) groups excluding carboxylic acids is 1. The van der Waals surface area contributed by atoms with Crippen LogP contribution >= 0.6 is 0 Å². The van der Waals surface area contributed by atoms with Gasteiger partial charge >= 0.3 is 0 Å². The predicted molar refractivity (Wildman–Crippen MR) is 82.1 cm³/mol. The van der Waals surface area contributed by atoms with E-state index in [4.69, 9.17) is 0 Å². The highest BCUT2D eigenvalue weighted by molar-refractivity contribution is 5.94. The second-order valence-corrected chi connectivity index (χ2v) is 5.11. The molecule has 0 spiro atoms. The number of nitrogens with zero attached hydrogens (tertiary/aromatic N) is 4. The normalized spacial score (nSPS) is 10.6. The minimum absolute atomic E-state index is 0.0915. The van der Waals surface area contributed by atoms with Crippen molar-refractivity contribution in [2.45, 2.75) is 13.1 Å². The third-order valence-electron chi connectivity index (χ3n) is 3.30. The van der Waals surface area contributed by atoms with Gasteiger partial charge < -0.3 is 5.32 Å². The fourth-order valence-corrected chi connectivity index (χ4v) is 2.24. The smallest absolute Gasteiger partial charge is 0.251 e. The SMILES string of the molecule is Cn1cc(CNC(=O)c2cccc(Cn3cccn3)c2)cn1. The number of hydrogen-bond acceptors (Lipinski definition) is 3. The Bertz CT molecular complexity index is 760. The van der Waals surface area contributed by atoms with Gasteiger partial charge in [0.15, 0.2) is 0 Å². The molecular formula is C16H17N5O. The number of nitrogens with one attached hydrogen (secondary N) is 1. The van der Waals surface area contributed by atoms with Gasteiger partial charge in [0.1, 0.15) is 0 Å². The standard InChI is InChI=1S/C16H17N5O/c1-20-11-14(10-19-20)9-17-16(22)15-5-2-4-13(8-15)12-21-7-3-6-18-21/h2-8,10-11H,9,12H2,1H3,(H,17,22). The first-order valence-corrected chi connectivity index (χ1v) is 7.03. The number of aryl methyl sites for hydroxylation is 1. The molecule has 6 nitrogen and oxygen atoms in total. The Kier molecular flexibility index (Phi) is 4.00. The van der Waals surface area contributed by atoms with Crippen LogP contribution in [0.15, 0.2) is 55.1 Å². The van der Waals surface area contributed by atoms with E-state index in [1.807, 2.05) is 54.5 Å². The number of benzene rings is 1. The molecule has 6 heteroatoms. The lowest BCUT2D eigenvalue weighted by molar-refractivity contribution is 0.0951. The largest absolute Gasteiger partial charge is 0.348 e. The van der Waals surface area contributed by atoms with Gasteiger partial charge in [0, 0.05) is 43.3 Å². The van der Waals surface area contributed by atoms with Gasteiger partial charge in [-0.2, -0.15) is 10.2 Å². The zero-order valence-corrected chi connectivity index (χ0v) is 12.3. The summed E-state index contributed by atoms with van der Waals surface area (Å²) < 4.78 is 3.54. The Labute approximate surface area is 128 Å². The molecule has 3 rings (SSSR count). The van der Waals surface area contributed by atoms with Gasteiger partial charge in [-0.3, -0.25) is 14.2 Å². The number of carbonyl (C=O) groups is 1. The topological polar surface area (TPSA) is 64.7 Å². The first kappa shape index (κ1) is 14.1. The fourth-order valence-electron chi connectivity index (χ4n) is 2.24. The molecule has 0 bridgehead atoms. The molecular weight excluding hydrogens is 278 g/mol. The summed E-state index contributed by atoms with van der Waals surface area (Å²) >= 11 is 0. The number of rotatable bonds is 5. The maximum absolute atomic E-state index is 12.2. The van der Waals surface area contributed by atoms with Gasteiger partial charge in [0.25, 0.3) is 5.91 Å². The van der Waals surface area contributed by atoms with E-state index in [1.165, 1.54) is 0 Å². The monoisotopic (exact) mass is 295 g/mol. The maximum atomic E-state index is 12.2. The van der Waals surface area contributed by atoms with E-state index in [0.29, 0.717) is 18.7 Å². The van der Waals surface area contributed by atoms with Crippen molar-refractivity contribution in [3.63, 3.8) is 0 Å². The lowest BCUT2D eigenvalue weighted by Crippen LogP contribution is -2.22. The summed E-state index contributed by atoms with van der Waals surface area (Å²) in [5, 5.41) is 11.2. The molecule has 2 heterocycles. The molecule has 0 unspecified atom stereocenters. The highest BCUT2D eigenvalue weighted by Gasteiger charge is 2.07. The molecule has 1 amide bonds. The van der Waals surface area contributed by atoms with Crippen molar-refractivity contribution in [3.8, 4) is 0 Å². The fraction of sp³-hybridized carbons (Fsp3) is 0.188. The molecule has 112 valence electrons. The number of hydrogen-bond donors (Lipinski definition) is 1. The Balaban J connectivity index is 1.64. The van der Waals surface area contributed by atoms with Crippen molar-refractivity contribution >= 4 is 5.91 Å². The van der Waals surface area contributed by atoms with Crippen molar-refractivity contribution in [2.75, 3.05) is 0 Å². The molecule has 0 radical (unpaired) electrons. The van der Waals surface area contributed by atoms with Crippen molar-refractivity contribution in [3.05, 3.63) is 71.8 Å². The highest BCUT2D eigenvalue weighted by atomic mass is 16.1. The van der Waals surface area contributed by atoms with Crippen LogP contribution in [0.3, 0.4) is 0 Å². The third-order valence-corrected chi connectivity index (χ3v) is 3.30. The second kappa shape index (κ2) is 6.26. The van der Waals surface area contributed by atoms with Gasteiger partial charge in [-0.1, -0.05) is 12.1 Å². The molecule has 22 heavy (non-hydrogen) atoms. The van der Waals surface area contributed by atoms with Gasteiger partial charge in [-0.25, -0.2) is 0 Å². The Morgan fingerprint density at radius 3 is 2.86 bits per heavy atom. The number of aromatic nitrogens is 4. The Morgan fingerprint density at radius 2 is 2.14 bits per heavy atom. The highest BCUT2D eigenvalue weighted by Crippen LogP contribution is 2.07. The predicted octanol–water partition coefficient (Wildman–Crippen LogP) is 1.59. The zero-order valence-electron chi connectivity index (χ0n) is 12.3. The van der Waals surface area contributed by atoms with E-state index in [0.717, 1.165) is 11.1 Å². The summed E-state index contributed by atoms with van der Waals surface area (Å²) in [5.41, 5.74) is 2.66. The van der Waals surface area contributed by atoms with Crippen LogP contribution in [0.2, 0.25) is 0 Å². The van der Waals surface area contributed by atoms with Crippen molar-refractivity contribution in [2.24, 2.45) is 7.05 Å². The van der Waals surface area contributed by atoms with Gasteiger partial charge in [0.2, 0.25) is 0 Å². The molecule has 2 aromatic heterocycles. The van der Waals surface area contributed by atoms with Crippen LogP contribution in [0.4, 0.5) is 0 Å². The van der Waals surface area contributed by atoms with Crippen LogP contribution in [-0.4, -0.2) is 25.5 Å². The van der Waals surface area contributed by atoms with E-state index >= 15 is 0 Å². The summed E-state index contributed by atoms with van der Waals surface area (Å²) in [6, 6.07) is 9.45. The summed E-state index contributed by atoms with van der Waals surface area (Å²) in [7, 11) is 1.85. The summed E-state index contributed by atoms with van der Waals surface area (Å²) in [4.78, 5) is 12.2. The van der Waals surface area contributed by atoms with Crippen molar-refractivity contribution in [1.82, 2.24) is 24.9 Å². The molecule has 1 aromatic carbocycles. The zero-order chi connectivity index (χ0) is 15.4. The Hall–Kier alpha value is -2.89. The first-order valence-electron chi connectivity index (χ1n) is 7.03. The van der Waals surface area contributed by atoms with Crippen molar-refractivity contribution in [1.29, 1.82) is 0 Å². The van der Waals surface area contributed by atoms with Crippen molar-refractivity contribution < 1.29 is 4.79 Å². The van der Waals surface area contributed by atoms with E-state index in [2.05, 4.69) is 15.5 Å². The minimum atomic E-state index is -0.0915. The second-order valence-electron chi connectivity index (χ2n) is 5.11. The molecule has 0 aliphatic carbocycles. The Morgan fingerprint density at radius 1 is 1.23 bits per heavy atom. The van der Waals surface area contributed by atoms with Crippen LogP contribution < -0.4 is 5.32 Å². The van der Waals surface area contributed by atoms with Crippen LogP contribution in [0.25, 0.3) is 0 Å². The van der Waals surface area contributed by atoms with E-state index in [-0.39, 0.29) is 5.91 Å². The van der Waals surface area contributed by atoms with Crippen LogP contribution in [-0.2, 0) is 20.1 Å². The van der Waals surface area contributed by atoms with E-state index in [1.54, 1.807) is 17.1 Å². The minimum Gasteiger partial charge on any atom is -0.348 e. The molecule has 0 aliphatic rings.